The van der Waals surface area contributed by atoms with Crippen molar-refractivity contribution in [3.63, 3.8) is 0 Å². The van der Waals surface area contributed by atoms with Crippen LogP contribution in [0.15, 0.2) is 0 Å². The number of rotatable bonds is 14. The van der Waals surface area contributed by atoms with E-state index in [1.807, 2.05) is 0 Å². The minimum Gasteiger partial charge on any atom is -0.481 e. The number of carboxylic acids is 1. The van der Waals surface area contributed by atoms with Gasteiger partial charge in [0.15, 0.2) is 0 Å². The highest BCUT2D eigenvalue weighted by Crippen LogP contribution is 2.12. The Labute approximate surface area is 132 Å². The van der Waals surface area contributed by atoms with Crippen LogP contribution in [0.4, 0.5) is 0 Å². The molecular formula is C18H38NO2+. The lowest BCUT2D eigenvalue weighted by molar-refractivity contribution is -0.892. The Kier molecular flexibility index (Phi) is 11.7. The predicted octanol–water partition coefficient (Wildman–Crippen LogP) is 4.70. The molecule has 0 radical (unpaired) electrons. The molecule has 1 atom stereocenters. The van der Waals surface area contributed by atoms with Crippen LogP contribution in [0.5, 0.6) is 0 Å². The van der Waals surface area contributed by atoms with Gasteiger partial charge < -0.3 is 9.59 Å². The third kappa shape index (κ3) is 12.9. The van der Waals surface area contributed by atoms with E-state index in [1.165, 1.54) is 64.2 Å². The van der Waals surface area contributed by atoms with Crippen LogP contribution in [0.1, 0.15) is 78.1 Å². The third-order valence-corrected chi connectivity index (χ3v) is 4.31. The maximum Gasteiger partial charge on any atom is 0.311 e. The molecule has 0 saturated heterocycles. The highest BCUT2D eigenvalue weighted by Gasteiger charge is 2.23. The van der Waals surface area contributed by atoms with Crippen LogP contribution in [0.2, 0.25) is 0 Å². The van der Waals surface area contributed by atoms with E-state index in [2.05, 4.69) is 21.0 Å². The Hall–Kier alpha value is -0.570. The summed E-state index contributed by atoms with van der Waals surface area (Å²) in [5.74, 6) is -0.924. The van der Waals surface area contributed by atoms with Gasteiger partial charge in [-0.15, -0.1) is 0 Å². The van der Waals surface area contributed by atoms with Crippen LogP contribution >= 0.6 is 0 Å². The van der Waals surface area contributed by atoms with Crippen LogP contribution in [-0.2, 0) is 4.79 Å². The molecule has 0 saturated carbocycles. The Morgan fingerprint density at radius 1 is 0.905 bits per heavy atom. The molecule has 0 aliphatic carbocycles. The van der Waals surface area contributed by atoms with E-state index >= 15 is 0 Å². The Bertz CT molecular complexity index is 264. The first-order valence-corrected chi connectivity index (χ1v) is 8.94. The van der Waals surface area contributed by atoms with Gasteiger partial charge in [-0.3, -0.25) is 4.79 Å². The fraction of sp³-hybridized carbons (Fsp3) is 0.944. The van der Waals surface area contributed by atoms with Crippen LogP contribution in [0.25, 0.3) is 0 Å². The number of hydrogen-bond acceptors (Lipinski definition) is 1. The number of quaternary nitrogens is 1. The van der Waals surface area contributed by atoms with Crippen LogP contribution in [-0.4, -0.2) is 42.7 Å². The second kappa shape index (κ2) is 12.0. The highest BCUT2D eigenvalue weighted by molar-refractivity contribution is 5.69. The molecule has 21 heavy (non-hydrogen) atoms. The summed E-state index contributed by atoms with van der Waals surface area (Å²) in [7, 11) is 4.29. The Balaban J connectivity index is 3.46. The summed E-state index contributed by atoms with van der Waals surface area (Å²) >= 11 is 0. The molecule has 0 fully saturated rings. The van der Waals surface area contributed by atoms with Crippen molar-refractivity contribution in [2.75, 3.05) is 27.2 Å². The van der Waals surface area contributed by atoms with Gasteiger partial charge in [0, 0.05) is 0 Å². The van der Waals surface area contributed by atoms with Gasteiger partial charge in [-0.2, -0.15) is 0 Å². The molecular weight excluding hydrogens is 262 g/mol. The van der Waals surface area contributed by atoms with E-state index in [9.17, 15) is 4.79 Å². The van der Waals surface area contributed by atoms with Gasteiger partial charge >= 0.3 is 5.97 Å². The average Bonchev–Trinajstić information content (AvgIpc) is 2.40. The zero-order chi connectivity index (χ0) is 16.1. The van der Waals surface area contributed by atoms with Crippen LogP contribution in [0.3, 0.4) is 0 Å². The second-order valence-corrected chi connectivity index (χ2v) is 7.26. The molecule has 3 nitrogen and oxygen atoms in total. The maximum absolute atomic E-state index is 10.9. The summed E-state index contributed by atoms with van der Waals surface area (Å²) in [5, 5.41) is 8.98. The van der Waals surface area contributed by atoms with Crippen LogP contribution in [0, 0.1) is 5.92 Å². The first-order valence-electron chi connectivity index (χ1n) is 8.94. The zero-order valence-electron chi connectivity index (χ0n) is 14.9. The Morgan fingerprint density at radius 2 is 1.33 bits per heavy atom. The summed E-state index contributed by atoms with van der Waals surface area (Å²) in [5.41, 5.74) is 0. The van der Waals surface area contributed by atoms with Crippen molar-refractivity contribution in [1.82, 2.24) is 0 Å². The van der Waals surface area contributed by atoms with Crippen molar-refractivity contribution in [2.24, 2.45) is 5.92 Å². The van der Waals surface area contributed by atoms with Gasteiger partial charge in [-0.1, -0.05) is 58.3 Å². The first kappa shape index (κ1) is 20.4. The summed E-state index contributed by atoms with van der Waals surface area (Å²) in [4.78, 5) is 10.9. The summed E-state index contributed by atoms with van der Waals surface area (Å²) in [6.45, 7) is 5.89. The van der Waals surface area contributed by atoms with Gasteiger partial charge in [0.1, 0.15) is 5.92 Å². The number of carboxylic acid groups (broad SMARTS) is 1. The molecule has 1 N–H and O–H groups in total. The van der Waals surface area contributed by atoms with E-state index in [4.69, 9.17) is 5.11 Å². The van der Waals surface area contributed by atoms with Crippen molar-refractivity contribution >= 4 is 5.97 Å². The largest absolute Gasteiger partial charge is 0.481 e. The summed E-state index contributed by atoms with van der Waals surface area (Å²) in [6.07, 6.45) is 13.5. The predicted molar refractivity (Wildman–Crippen MR) is 90.5 cm³/mol. The first-order chi connectivity index (χ1) is 9.89. The van der Waals surface area contributed by atoms with Gasteiger partial charge in [0.05, 0.1) is 27.2 Å². The molecule has 0 rings (SSSR count). The van der Waals surface area contributed by atoms with Crippen molar-refractivity contribution in [1.29, 1.82) is 0 Å². The van der Waals surface area contributed by atoms with E-state index < -0.39 is 5.97 Å². The molecule has 0 aliphatic heterocycles. The van der Waals surface area contributed by atoms with Gasteiger partial charge in [-0.25, -0.2) is 0 Å². The molecule has 126 valence electrons. The fourth-order valence-electron chi connectivity index (χ4n) is 2.94. The standard InChI is InChI=1S/C18H37NO2/c1-5-6-7-8-9-10-11-12-13-14-15-19(3,4)16-17(2)18(20)21/h17H,5-16H2,1-4H3/p+1. The molecule has 0 spiro atoms. The van der Waals surface area contributed by atoms with Crippen LogP contribution < -0.4 is 0 Å². The van der Waals surface area contributed by atoms with Gasteiger partial charge in [0.2, 0.25) is 0 Å². The van der Waals surface area contributed by atoms with E-state index in [0.29, 0.717) is 0 Å². The number of nitrogens with zero attached hydrogens (tertiary/aromatic N) is 1. The van der Waals surface area contributed by atoms with Crippen molar-refractivity contribution < 1.29 is 14.4 Å². The quantitative estimate of drug-likeness (QED) is 0.373. The average molecular weight is 301 g/mol. The molecule has 0 aromatic carbocycles. The molecule has 3 heteroatoms. The minimum absolute atomic E-state index is 0.247. The van der Waals surface area contributed by atoms with Gasteiger partial charge in [0.25, 0.3) is 0 Å². The van der Waals surface area contributed by atoms with E-state index in [-0.39, 0.29) is 5.92 Å². The summed E-state index contributed by atoms with van der Waals surface area (Å²) < 4.78 is 0.824. The molecule has 0 aromatic heterocycles. The SMILES string of the molecule is CCCCCCCCCCCC[N+](C)(C)CC(C)C(=O)O. The topological polar surface area (TPSA) is 37.3 Å². The Morgan fingerprint density at radius 3 is 1.76 bits per heavy atom. The van der Waals surface area contributed by atoms with E-state index in [1.54, 1.807) is 6.92 Å². The number of aliphatic carboxylic acids is 1. The minimum atomic E-state index is -0.677. The van der Waals surface area contributed by atoms with Crippen molar-refractivity contribution in [3.8, 4) is 0 Å². The van der Waals surface area contributed by atoms with Crippen molar-refractivity contribution in [2.45, 2.75) is 78.1 Å². The lowest BCUT2D eigenvalue weighted by Crippen LogP contribution is -2.45. The molecule has 1 unspecified atom stereocenters. The second-order valence-electron chi connectivity index (χ2n) is 7.26. The lowest BCUT2D eigenvalue weighted by atomic mass is 10.1. The molecule has 0 aliphatic rings. The van der Waals surface area contributed by atoms with Crippen molar-refractivity contribution in [3.05, 3.63) is 0 Å². The molecule has 0 heterocycles. The smallest absolute Gasteiger partial charge is 0.311 e. The maximum atomic E-state index is 10.9. The fourth-order valence-corrected chi connectivity index (χ4v) is 2.94. The number of carbonyl (C=O) groups is 1. The van der Waals surface area contributed by atoms with Gasteiger partial charge in [-0.05, 0) is 19.8 Å². The molecule has 0 amide bonds. The highest BCUT2D eigenvalue weighted by atomic mass is 16.4. The van der Waals surface area contributed by atoms with E-state index in [0.717, 1.165) is 17.6 Å². The molecule has 0 bridgehead atoms. The third-order valence-electron chi connectivity index (χ3n) is 4.31. The number of unbranched alkanes of at least 4 members (excludes halogenated alkanes) is 9. The monoisotopic (exact) mass is 300 g/mol. The number of hydrogen-bond donors (Lipinski definition) is 1. The zero-order valence-corrected chi connectivity index (χ0v) is 14.9. The lowest BCUT2D eigenvalue weighted by Gasteiger charge is -2.31. The normalized spacial score (nSPS) is 13.3. The molecule has 0 aromatic rings. The summed E-state index contributed by atoms with van der Waals surface area (Å²) in [6, 6.07) is 0.